The zero-order valence-corrected chi connectivity index (χ0v) is 12.3. The van der Waals surface area contributed by atoms with Gasteiger partial charge in [0, 0.05) is 4.90 Å². The van der Waals surface area contributed by atoms with Crippen LogP contribution in [-0.2, 0) is 0 Å². The summed E-state index contributed by atoms with van der Waals surface area (Å²) in [7, 11) is -0.279. The van der Waals surface area contributed by atoms with E-state index in [-0.39, 0.29) is 10.9 Å². The Kier molecular flexibility index (Phi) is 2.24. The maximum absolute atomic E-state index is 2.33. The van der Waals surface area contributed by atoms with E-state index < -0.39 is 0 Å². The molecule has 0 radical (unpaired) electrons. The minimum absolute atomic E-state index is 0.279. The van der Waals surface area contributed by atoms with Crippen molar-refractivity contribution in [3.8, 4) is 0 Å². The molecule has 0 aromatic heterocycles. The van der Waals surface area contributed by atoms with E-state index in [2.05, 4.69) is 77.6 Å². The smallest absolute Gasteiger partial charge is 0.00243 e. The molecule has 1 heterocycles. The molecule has 0 fully saturated rings. The van der Waals surface area contributed by atoms with E-state index in [1.807, 2.05) is 0 Å². The standard InChI is InChI=1S/C20H14S/c1-2-13-21(12-1)18-11-9-16-7-6-14-4-3-5-15-8-10-17(18)20(16)19(14)15/h1-13,21H. The first kappa shape index (κ1) is 11.4. The quantitative estimate of drug-likeness (QED) is 0.323. The molecule has 0 saturated heterocycles. The molecule has 0 aliphatic carbocycles. The third-order valence-corrected chi connectivity index (χ3v) is 6.32. The van der Waals surface area contributed by atoms with E-state index in [0.29, 0.717) is 0 Å². The predicted octanol–water partition coefficient (Wildman–Crippen LogP) is 5.99. The number of allylic oxidation sites excluding steroid dienone is 2. The van der Waals surface area contributed by atoms with Gasteiger partial charge in [-0.15, -0.1) is 0 Å². The topological polar surface area (TPSA) is 0 Å². The minimum Gasteiger partial charge on any atom is -0.186 e. The molecule has 4 aromatic rings. The lowest BCUT2D eigenvalue weighted by Gasteiger charge is -2.17. The van der Waals surface area contributed by atoms with E-state index in [0.717, 1.165) is 0 Å². The first-order valence-electron chi connectivity index (χ1n) is 7.22. The molecule has 0 spiro atoms. The van der Waals surface area contributed by atoms with E-state index in [1.165, 1.54) is 37.2 Å². The third-order valence-electron chi connectivity index (χ3n) is 4.39. The van der Waals surface area contributed by atoms with Crippen molar-refractivity contribution in [2.24, 2.45) is 0 Å². The van der Waals surface area contributed by atoms with Gasteiger partial charge in [0.05, 0.1) is 0 Å². The summed E-state index contributed by atoms with van der Waals surface area (Å²) in [5.41, 5.74) is 0. The zero-order valence-electron chi connectivity index (χ0n) is 11.5. The highest BCUT2D eigenvalue weighted by Gasteiger charge is 2.13. The second-order valence-electron chi connectivity index (χ2n) is 5.53. The zero-order chi connectivity index (χ0) is 13.8. The Balaban J connectivity index is 2.01. The van der Waals surface area contributed by atoms with Crippen LogP contribution in [-0.4, -0.2) is 0 Å². The molecular formula is C20H14S. The van der Waals surface area contributed by atoms with Crippen molar-refractivity contribution in [1.82, 2.24) is 0 Å². The number of rotatable bonds is 1. The van der Waals surface area contributed by atoms with Gasteiger partial charge in [-0.2, -0.15) is 10.9 Å². The lowest BCUT2D eigenvalue weighted by molar-refractivity contribution is 1.57. The second kappa shape index (κ2) is 4.12. The van der Waals surface area contributed by atoms with Gasteiger partial charge >= 0.3 is 0 Å². The summed E-state index contributed by atoms with van der Waals surface area (Å²) in [6.07, 6.45) is 4.34. The Morgan fingerprint density at radius 1 is 0.571 bits per heavy atom. The largest absolute Gasteiger partial charge is 0.186 e. The van der Waals surface area contributed by atoms with Crippen molar-refractivity contribution in [1.29, 1.82) is 0 Å². The Labute approximate surface area is 126 Å². The maximum atomic E-state index is 2.33. The number of hydrogen-bond acceptors (Lipinski definition) is 0. The van der Waals surface area contributed by atoms with Crippen LogP contribution in [0.5, 0.6) is 0 Å². The number of hydrogen-bond donors (Lipinski definition) is 1. The fourth-order valence-electron chi connectivity index (χ4n) is 3.44. The summed E-state index contributed by atoms with van der Waals surface area (Å²) in [6, 6.07) is 20.2. The van der Waals surface area contributed by atoms with Crippen molar-refractivity contribution in [3.63, 3.8) is 0 Å². The Hall–Kier alpha value is -2.25. The summed E-state index contributed by atoms with van der Waals surface area (Å²) in [5, 5.41) is 13.0. The summed E-state index contributed by atoms with van der Waals surface area (Å²) in [5.74, 6) is 0. The molecule has 0 bridgehead atoms. The van der Waals surface area contributed by atoms with Gasteiger partial charge in [0.1, 0.15) is 0 Å². The molecule has 1 aliphatic heterocycles. The van der Waals surface area contributed by atoms with Gasteiger partial charge in [0.15, 0.2) is 0 Å². The SMILES string of the molecule is C1=C[SH](c2ccc3ccc4cccc5ccc2c3c45)C=C1. The monoisotopic (exact) mass is 286 g/mol. The van der Waals surface area contributed by atoms with Gasteiger partial charge in [-0.1, -0.05) is 60.7 Å². The van der Waals surface area contributed by atoms with Crippen molar-refractivity contribution in [3.05, 3.63) is 77.6 Å². The van der Waals surface area contributed by atoms with Gasteiger partial charge in [-0.05, 0) is 49.2 Å². The van der Waals surface area contributed by atoms with E-state index >= 15 is 0 Å². The molecule has 0 atom stereocenters. The van der Waals surface area contributed by atoms with Crippen LogP contribution in [0, 0.1) is 0 Å². The lowest BCUT2D eigenvalue weighted by atomic mass is 9.94. The van der Waals surface area contributed by atoms with Crippen LogP contribution < -0.4 is 0 Å². The summed E-state index contributed by atoms with van der Waals surface area (Å²) < 4.78 is 0. The van der Waals surface area contributed by atoms with Crippen molar-refractivity contribution in [2.45, 2.75) is 4.90 Å². The Bertz CT molecular complexity index is 1010. The minimum atomic E-state index is -0.279. The molecule has 21 heavy (non-hydrogen) atoms. The van der Waals surface area contributed by atoms with Crippen LogP contribution in [0.4, 0.5) is 0 Å². The van der Waals surface area contributed by atoms with Crippen molar-refractivity contribution in [2.75, 3.05) is 0 Å². The summed E-state index contributed by atoms with van der Waals surface area (Å²) in [4.78, 5) is 1.47. The predicted molar refractivity (Wildman–Crippen MR) is 95.7 cm³/mol. The summed E-state index contributed by atoms with van der Waals surface area (Å²) in [6.45, 7) is 0. The van der Waals surface area contributed by atoms with Crippen LogP contribution in [0.2, 0.25) is 0 Å². The number of benzene rings is 4. The average Bonchev–Trinajstić information content (AvgIpc) is 3.07. The van der Waals surface area contributed by atoms with Gasteiger partial charge in [0.25, 0.3) is 0 Å². The molecule has 0 nitrogen and oxygen atoms in total. The van der Waals surface area contributed by atoms with Crippen molar-refractivity contribution < 1.29 is 0 Å². The molecule has 1 aliphatic rings. The Morgan fingerprint density at radius 2 is 1.19 bits per heavy atom. The highest BCUT2D eigenvalue weighted by atomic mass is 32.2. The van der Waals surface area contributed by atoms with Gasteiger partial charge in [-0.25, -0.2) is 0 Å². The maximum Gasteiger partial charge on any atom is 0.00243 e. The normalized spacial score (nSPS) is 15.9. The first-order chi connectivity index (χ1) is 10.4. The van der Waals surface area contributed by atoms with E-state index in [1.54, 1.807) is 0 Å². The van der Waals surface area contributed by atoms with Gasteiger partial charge in [-0.3, -0.25) is 0 Å². The molecule has 4 aromatic carbocycles. The summed E-state index contributed by atoms with van der Waals surface area (Å²) >= 11 is 0. The first-order valence-corrected chi connectivity index (χ1v) is 8.70. The fraction of sp³-hybridized carbons (Fsp3) is 0. The molecule has 0 unspecified atom stereocenters. The third kappa shape index (κ3) is 1.52. The lowest BCUT2D eigenvalue weighted by Crippen LogP contribution is -1.86. The van der Waals surface area contributed by atoms with Crippen LogP contribution in [0.15, 0.2) is 82.5 Å². The fourth-order valence-corrected chi connectivity index (χ4v) is 5.14. The van der Waals surface area contributed by atoms with E-state index in [4.69, 9.17) is 0 Å². The molecule has 0 saturated carbocycles. The molecule has 100 valence electrons. The highest BCUT2D eigenvalue weighted by Crippen LogP contribution is 2.47. The van der Waals surface area contributed by atoms with Crippen LogP contribution in [0.25, 0.3) is 32.3 Å². The van der Waals surface area contributed by atoms with Crippen LogP contribution in [0.1, 0.15) is 0 Å². The van der Waals surface area contributed by atoms with Gasteiger partial charge in [0.2, 0.25) is 0 Å². The highest BCUT2D eigenvalue weighted by molar-refractivity contribution is 8.22. The average molecular weight is 286 g/mol. The molecule has 0 N–H and O–H groups in total. The molecular weight excluding hydrogens is 272 g/mol. The van der Waals surface area contributed by atoms with E-state index in [9.17, 15) is 0 Å². The molecule has 1 heteroatoms. The van der Waals surface area contributed by atoms with Crippen LogP contribution in [0.3, 0.4) is 0 Å². The molecule has 5 rings (SSSR count). The second-order valence-corrected chi connectivity index (χ2v) is 7.42. The van der Waals surface area contributed by atoms with Crippen LogP contribution >= 0.6 is 10.9 Å². The number of thiol groups is 1. The Morgan fingerprint density at radius 3 is 1.95 bits per heavy atom. The van der Waals surface area contributed by atoms with Gasteiger partial charge < -0.3 is 0 Å². The van der Waals surface area contributed by atoms with Crippen molar-refractivity contribution >= 4 is 43.2 Å². The molecule has 0 amide bonds.